The van der Waals surface area contributed by atoms with Gasteiger partial charge in [0.2, 0.25) is 17.7 Å². The number of carbonyl (C=O) groups excluding carboxylic acids is 3. The van der Waals surface area contributed by atoms with Gasteiger partial charge in [-0.15, -0.1) is 0 Å². The summed E-state index contributed by atoms with van der Waals surface area (Å²) in [6.07, 6.45) is 4.72. The Labute approximate surface area is 235 Å². The summed E-state index contributed by atoms with van der Waals surface area (Å²) in [6, 6.07) is 16.4. The first-order chi connectivity index (χ1) is 19.4. The largest absolute Gasteiger partial charge is 0.474 e. The van der Waals surface area contributed by atoms with E-state index in [0.717, 1.165) is 0 Å². The molecule has 0 radical (unpaired) electrons. The average molecular weight is 562 g/mol. The molecule has 3 aromatic heterocycles. The quantitative estimate of drug-likeness (QED) is 0.321. The molecule has 4 aromatic rings. The number of carbonyl (C=O) groups is 3. The van der Waals surface area contributed by atoms with Crippen molar-refractivity contribution < 1.29 is 23.5 Å². The molecule has 11 heteroatoms. The summed E-state index contributed by atoms with van der Waals surface area (Å²) >= 11 is 6.04. The second kappa shape index (κ2) is 12.6. The Morgan fingerprint density at radius 1 is 1.02 bits per heavy atom. The van der Waals surface area contributed by atoms with Crippen LogP contribution < -0.4 is 15.4 Å². The Hall–Kier alpha value is -4.44. The number of rotatable bonds is 9. The maximum Gasteiger partial charge on any atom is 0.287 e. The fraction of sp³-hybridized carbons (Fsp3) is 0.276. The zero-order valence-electron chi connectivity index (χ0n) is 21.6. The van der Waals surface area contributed by atoms with Crippen LogP contribution >= 0.6 is 11.6 Å². The first-order valence-electron chi connectivity index (χ1n) is 13.0. The Kier molecular flexibility index (Phi) is 8.56. The number of ether oxygens (including phenoxy) is 1. The van der Waals surface area contributed by atoms with Crippen LogP contribution in [-0.4, -0.2) is 64.4 Å². The third kappa shape index (κ3) is 6.95. The van der Waals surface area contributed by atoms with Crippen molar-refractivity contribution in [1.29, 1.82) is 0 Å². The van der Waals surface area contributed by atoms with E-state index in [1.807, 2.05) is 12.1 Å². The van der Waals surface area contributed by atoms with E-state index in [1.54, 1.807) is 65.8 Å². The van der Waals surface area contributed by atoms with E-state index < -0.39 is 17.9 Å². The number of likely N-dealkylation sites (tertiary alicyclic amines) is 1. The summed E-state index contributed by atoms with van der Waals surface area (Å²) in [6.45, 7) is 0.828. The van der Waals surface area contributed by atoms with Crippen LogP contribution in [0.25, 0.3) is 11.0 Å². The van der Waals surface area contributed by atoms with E-state index in [-0.39, 0.29) is 30.7 Å². The van der Waals surface area contributed by atoms with Crippen LogP contribution in [0.5, 0.6) is 5.88 Å². The zero-order valence-corrected chi connectivity index (χ0v) is 22.3. The molecular formula is C29H28ClN5O5. The predicted octanol–water partition coefficient (Wildman–Crippen LogP) is 3.40. The number of piperidine rings is 1. The van der Waals surface area contributed by atoms with Crippen LogP contribution in [0.4, 0.5) is 0 Å². The minimum atomic E-state index is -0.982. The lowest BCUT2D eigenvalue weighted by Crippen LogP contribution is -2.51. The lowest BCUT2D eigenvalue weighted by atomic mass is 10.1. The number of aromatic nitrogens is 2. The fourth-order valence-electron chi connectivity index (χ4n) is 4.50. The molecule has 1 aromatic carbocycles. The SMILES string of the molecule is O=C(N[C@@H](Cc1ccccn1)C(=O)NCC(=O)N1CCC(Oc2ccccn2)CC1)c1cc2cc(Cl)ccc2o1. The van der Waals surface area contributed by atoms with Crippen molar-refractivity contribution >= 4 is 40.3 Å². The lowest BCUT2D eigenvalue weighted by Gasteiger charge is -2.32. The summed E-state index contributed by atoms with van der Waals surface area (Å²) < 4.78 is 11.5. The summed E-state index contributed by atoms with van der Waals surface area (Å²) in [4.78, 5) is 49.2. The normalized spacial score (nSPS) is 14.5. The third-order valence-electron chi connectivity index (χ3n) is 6.60. The van der Waals surface area contributed by atoms with Crippen molar-refractivity contribution in [3.05, 3.63) is 89.5 Å². The molecule has 1 aliphatic rings. The minimum Gasteiger partial charge on any atom is -0.474 e. The summed E-state index contributed by atoms with van der Waals surface area (Å²) in [5, 5.41) is 6.59. The number of benzene rings is 1. The highest BCUT2D eigenvalue weighted by Crippen LogP contribution is 2.23. The van der Waals surface area contributed by atoms with Crippen LogP contribution in [0.3, 0.4) is 0 Å². The van der Waals surface area contributed by atoms with Gasteiger partial charge in [-0.05, 0) is 42.5 Å². The number of pyridine rings is 2. The van der Waals surface area contributed by atoms with Crippen LogP contribution in [0.2, 0.25) is 5.02 Å². The van der Waals surface area contributed by atoms with Gasteiger partial charge in [0.05, 0.1) is 6.54 Å². The highest BCUT2D eigenvalue weighted by Gasteiger charge is 2.27. The third-order valence-corrected chi connectivity index (χ3v) is 6.83. The van der Waals surface area contributed by atoms with Gasteiger partial charge in [0, 0.05) is 66.9 Å². The molecule has 0 unspecified atom stereocenters. The zero-order chi connectivity index (χ0) is 27.9. The molecule has 0 saturated carbocycles. The van der Waals surface area contributed by atoms with Gasteiger partial charge in [0.15, 0.2) is 5.76 Å². The van der Waals surface area contributed by atoms with Crippen molar-refractivity contribution in [3.63, 3.8) is 0 Å². The number of amides is 3. The van der Waals surface area contributed by atoms with Crippen LogP contribution in [0.1, 0.15) is 29.1 Å². The predicted molar refractivity (Wildman–Crippen MR) is 148 cm³/mol. The van der Waals surface area contributed by atoms with Crippen molar-refractivity contribution in [3.8, 4) is 5.88 Å². The molecule has 4 heterocycles. The van der Waals surface area contributed by atoms with E-state index in [4.69, 9.17) is 20.8 Å². The highest BCUT2D eigenvalue weighted by atomic mass is 35.5. The number of furan rings is 1. The molecule has 0 aliphatic carbocycles. The monoisotopic (exact) mass is 561 g/mol. The van der Waals surface area contributed by atoms with E-state index in [0.29, 0.717) is 53.5 Å². The first-order valence-corrected chi connectivity index (χ1v) is 13.4. The van der Waals surface area contributed by atoms with E-state index in [9.17, 15) is 14.4 Å². The summed E-state index contributed by atoms with van der Waals surface area (Å²) in [5.41, 5.74) is 1.11. The standard InChI is InChI=1S/C29H28ClN5O5/c30-20-7-8-24-19(15-20)16-25(40-24)29(38)34-23(17-21-5-1-3-11-31-21)28(37)33-18-27(36)35-13-9-22(10-14-35)39-26-6-2-4-12-32-26/h1-8,11-12,15-16,22-23H,9-10,13-14,17-18H2,(H,33,37)(H,34,38)/t23-/m0/s1. The molecule has 3 amide bonds. The molecule has 10 nitrogen and oxygen atoms in total. The van der Waals surface area contributed by atoms with Gasteiger partial charge in [-0.25, -0.2) is 4.98 Å². The molecule has 0 bridgehead atoms. The lowest BCUT2D eigenvalue weighted by molar-refractivity contribution is -0.134. The topological polar surface area (TPSA) is 127 Å². The van der Waals surface area contributed by atoms with Gasteiger partial charge in [0.25, 0.3) is 5.91 Å². The van der Waals surface area contributed by atoms with Gasteiger partial charge in [-0.1, -0.05) is 23.7 Å². The van der Waals surface area contributed by atoms with Crippen LogP contribution in [0, 0.1) is 0 Å². The molecule has 1 aliphatic heterocycles. The molecule has 1 fully saturated rings. The summed E-state index contributed by atoms with van der Waals surface area (Å²) in [7, 11) is 0. The molecule has 1 saturated heterocycles. The molecule has 1 atom stereocenters. The first kappa shape index (κ1) is 27.1. The van der Waals surface area contributed by atoms with Crippen LogP contribution in [0.15, 0.2) is 77.5 Å². The molecular weight excluding hydrogens is 534 g/mol. The highest BCUT2D eigenvalue weighted by molar-refractivity contribution is 6.31. The Bertz CT molecular complexity index is 1470. The van der Waals surface area contributed by atoms with Crippen LogP contribution in [-0.2, 0) is 16.0 Å². The molecule has 5 rings (SSSR count). The number of hydrogen-bond donors (Lipinski definition) is 2. The molecule has 206 valence electrons. The second-order valence-electron chi connectivity index (χ2n) is 9.43. The number of nitrogens with one attached hydrogen (secondary N) is 2. The Balaban J connectivity index is 1.18. The van der Waals surface area contributed by atoms with Gasteiger partial charge in [-0.2, -0.15) is 0 Å². The van der Waals surface area contributed by atoms with Gasteiger partial charge < -0.3 is 24.7 Å². The van der Waals surface area contributed by atoms with Crippen molar-refractivity contribution in [2.45, 2.75) is 31.4 Å². The maximum atomic E-state index is 13.2. The average Bonchev–Trinajstić information content (AvgIpc) is 3.40. The second-order valence-corrected chi connectivity index (χ2v) is 9.86. The van der Waals surface area contributed by atoms with Gasteiger partial charge in [0.1, 0.15) is 17.7 Å². The Morgan fingerprint density at radius 2 is 1.80 bits per heavy atom. The molecule has 40 heavy (non-hydrogen) atoms. The van der Waals surface area contributed by atoms with E-state index >= 15 is 0 Å². The smallest absolute Gasteiger partial charge is 0.287 e. The van der Waals surface area contributed by atoms with Gasteiger partial charge >= 0.3 is 0 Å². The molecule has 0 spiro atoms. The fourth-order valence-corrected chi connectivity index (χ4v) is 4.68. The summed E-state index contributed by atoms with van der Waals surface area (Å²) in [5.74, 6) is -0.666. The van der Waals surface area contributed by atoms with Gasteiger partial charge in [-0.3, -0.25) is 19.4 Å². The number of halogens is 1. The van der Waals surface area contributed by atoms with E-state index in [2.05, 4.69) is 20.6 Å². The molecule has 2 N–H and O–H groups in total. The number of nitrogens with zero attached hydrogens (tertiary/aromatic N) is 3. The number of fused-ring (bicyclic) bond motifs is 1. The van der Waals surface area contributed by atoms with Crippen molar-refractivity contribution in [1.82, 2.24) is 25.5 Å². The number of hydrogen-bond acceptors (Lipinski definition) is 7. The maximum absolute atomic E-state index is 13.2. The van der Waals surface area contributed by atoms with Crippen molar-refractivity contribution in [2.75, 3.05) is 19.6 Å². The van der Waals surface area contributed by atoms with E-state index in [1.165, 1.54) is 0 Å². The van der Waals surface area contributed by atoms with Crippen molar-refractivity contribution in [2.24, 2.45) is 0 Å². The Morgan fingerprint density at radius 3 is 2.52 bits per heavy atom. The minimum absolute atomic E-state index is 0.0271.